The van der Waals surface area contributed by atoms with Crippen LogP contribution in [0.3, 0.4) is 0 Å². The Morgan fingerprint density at radius 1 is 1.33 bits per heavy atom. The second-order valence-electron chi connectivity index (χ2n) is 4.86. The van der Waals surface area contributed by atoms with Crippen LogP contribution in [0.1, 0.15) is 17.0 Å². The molecule has 2 rings (SSSR count). The SMILES string of the molecule is Cc1cc(C)n(CCS(=O)(=O)c2cccc(C(N)=S)c2)n1. The van der Waals surface area contributed by atoms with Gasteiger partial charge in [-0.15, -0.1) is 0 Å². The summed E-state index contributed by atoms with van der Waals surface area (Å²) in [4.78, 5) is 0.417. The number of hydrogen-bond donors (Lipinski definition) is 1. The van der Waals surface area contributed by atoms with Crippen molar-refractivity contribution in [1.82, 2.24) is 9.78 Å². The highest BCUT2D eigenvalue weighted by molar-refractivity contribution is 7.91. The van der Waals surface area contributed by atoms with E-state index in [9.17, 15) is 8.42 Å². The van der Waals surface area contributed by atoms with E-state index in [2.05, 4.69) is 5.10 Å². The van der Waals surface area contributed by atoms with E-state index in [4.69, 9.17) is 18.0 Å². The van der Waals surface area contributed by atoms with Gasteiger partial charge in [-0.05, 0) is 32.0 Å². The summed E-state index contributed by atoms with van der Waals surface area (Å²) >= 11 is 4.87. The Labute approximate surface area is 129 Å². The summed E-state index contributed by atoms with van der Waals surface area (Å²) in [5, 5.41) is 4.26. The zero-order valence-corrected chi connectivity index (χ0v) is 13.5. The van der Waals surface area contributed by atoms with Crippen LogP contribution in [0.25, 0.3) is 0 Å². The molecule has 0 radical (unpaired) electrons. The maximum Gasteiger partial charge on any atom is 0.180 e. The molecule has 0 unspecified atom stereocenters. The van der Waals surface area contributed by atoms with Gasteiger partial charge in [0.25, 0.3) is 0 Å². The molecule has 2 aromatic rings. The summed E-state index contributed by atoms with van der Waals surface area (Å²) in [6, 6.07) is 8.32. The fourth-order valence-electron chi connectivity index (χ4n) is 2.07. The van der Waals surface area contributed by atoms with Gasteiger partial charge in [-0.3, -0.25) is 4.68 Å². The third kappa shape index (κ3) is 3.68. The second kappa shape index (κ2) is 5.95. The lowest BCUT2D eigenvalue weighted by Gasteiger charge is -2.08. The Hall–Kier alpha value is -1.73. The average Bonchev–Trinajstić information content (AvgIpc) is 2.75. The van der Waals surface area contributed by atoms with Crippen LogP contribution in [-0.4, -0.2) is 28.9 Å². The Bertz CT molecular complexity index is 779. The molecule has 2 N–H and O–H groups in total. The summed E-state index contributed by atoms with van der Waals surface area (Å²) in [5.41, 5.74) is 7.91. The fourth-order valence-corrected chi connectivity index (χ4v) is 3.44. The Morgan fingerprint density at radius 3 is 2.62 bits per heavy atom. The molecule has 0 aliphatic heterocycles. The van der Waals surface area contributed by atoms with Crippen molar-refractivity contribution in [3.63, 3.8) is 0 Å². The van der Waals surface area contributed by atoms with Crippen LogP contribution >= 0.6 is 12.2 Å². The molecule has 1 aromatic carbocycles. The molecule has 0 amide bonds. The van der Waals surface area contributed by atoms with Crippen molar-refractivity contribution in [2.24, 2.45) is 5.73 Å². The molecule has 1 aromatic heterocycles. The molecule has 1 heterocycles. The normalized spacial score (nSPS) is 11.5. The minimum Gasteiger partial charge on any atom is -0.389 e. The first kappa shape index (κ1) is 15.7. The summed E-state index contributed by atoms with van der Waals surface area (Å²) in [6.07, 6.45) is 0. The molecule has 21 heavy (non-hydrogen) atoms. The average molecular weight is 323 g/mol. The highest BCUT2D eigenvalue weighted by Gasteiger charge is 2.16. The minimum absolute atomic E-state index is 0.0181. The Balaban J connectivity index is 2.20. The second-order valence-corrected chi connectivity index (χ2v) is 7.41. The molecule has 0 atom stereocenters. The summed E-state index contributed by atoms with van der Waals surface area (Å²) in [5.74, 6) is -0.0181. The van der Waals surface area contributed by atoms with Crippen molar-refractivity contribution >= 4 is 27.0 Å². The molecule has 0 saturated carbocycles. The molecule has 0 spiro atoms. The van der Waals surface area contributed by atoms with Crippen LogP contribution < -0.4 is 5.73 Å². The lowest BCUT2D eigenvalue weighted by atomic mass is 10.2. The predicted molar refractivity (Wildman–Crippen MR) is 86.1 cm³/mol. The molecule has 7 heteroatoms. The third-order valence-electron chi connectivity index (χ3n) is 3.15. The number of hydrogen-bond acceptors (Lipinski definition) is 4. The molecule has 0 fully saturated rings. The van der Waals surface area contributed by atoms with E-state index >= 15 is 0 Å². The molecular formula is C14H17N3O2S2. The van der Waals surface area contributed by atoms with Gasteiger partial charge in [-0.2, -0.15) is 5.10 Å². The molecular weight excluding hydrogens is 306 g/mol. The van der Waals surface area contributed by atoms with E-state index in [-0.39, 0.29) is 15.6 Å². The molecule has 5 nitrogen and oxygen atoms in total. The van der Waals surface area contributed by atoms with Gasteiger partial charge in [0.05, 0.1) is 22.9 Å². The predicted octanol–water partition coefficient (Wildman–Crippen LogP) is 1.61. The fraction of sp³-hybridized carbons (Fsp3) is 0.286. The third-order valence-corrected chi connectivity index (χ3v) is 5.08. The molecule has 112 valence electrons. The van der Waals surface area contributed by atoms with Crippen molar-refractivity contribution in [3.05, 3.63) is 47.3 Å². The van der Waals surface area contributed by atoms with Gasteiger partial charge in [-0.1, -0.05) is 24.4 Å². The van der Waals surface area contributed by atoms with Gasteiger partial charge in [-0.25, -0.2) is 8.42 Å². The van der Waals surface area contributed by atoms with Crippen LogP contribution in [0.5, 0.6) is 0 Å². The lowest BCUT2D eigenvalue weighted by molar-refractivity contribution is 0.576. The van der Waals surface area contributed by atoms with E-state index in [1.54, 1.807) is 22.9 Å². The van der Waals surface area contributed by atoms with Gasteiger partial charge >= 0.3 is 0 Å². The first-order valence-electron chi connectivity index (χ1n) is 6.43. The van der Waals surface area contributed by atoms with Crippen molar-refractivity contribution in [2.75, 3.05) is 5.75 Å². The smallest absolute Gasteiger partial charge is 0.180 e. The number of benzene rings is 1. The largest absolute Gasteiger partial charge is 0.389 e. The topological polar surface area (TPSA) is 78.0 Å². The van der Waals surface area contributed by atoms with E-state index in [1.165, 1.54) is 6.07 Å². The monoisotopic (exact) mass is 323 g/mol. The maximum absolute atomic E-state index is 12.4. The number of nitrogens with zero attached hydrogens (tertiary/aromatic N) is 2. The molecule has 0 aliphatic carbocycles. The summed E-state index contributed by atoms with van der Waals surface area (Å²) < 4.78 is 26.4. The molecule has 0 aliphatic rings. The van der Waals surface area contributed by atoms with Crippen LogP contribution in [-0.2, 0) is 16.4 Å². The van der Waals surface area contributed by atoms with Crippen molar-refractivity contribution in [3.8, 4) is 0 Å². The van der Waals surface area contributed by atoms with Gasteiger partial charge in [0.2, 0.25) is 0 Å². The van der Waals surface area contributed by atoms with Crippen molar-refractivity contribution < 1.29 is 8.42 Å². The highest BCUT2D eigenvalue weighted by Crippen LogP contribution is 2.14. The summed E-state index contributed by atoms with van der Waals surface area (Å²) in [7, 11) is -3.40. The Kier molecular flexibility index (Phi) is 4.43. The molecule has 0 bridgehead atoms. The minimum atomic E-state index is -3.40. The van der Waals surface area contributed by atoms with Gasteiger partial charge in [0.1, 0.15) is 4.99 Å². The zero-order chi connectivity index (χ0) is 15.6. The number of thiocarbonyl (C=S) groups is 1. The standard InChI is InChI=1S/C14H17N3O2S2/c1-10-8-11(2)17(16-10)6-7-21(18,19)13-5-3-4-12(9-13)14(15)20/h3-5,8-9H,6-7H2,1-2H3,(H2,15,20). The van der Waals surface area contributed by atoms with Crippen LogP contribution in [0.15, 0.2) is 35.2 Å². The number of aryl methyl sites for hydroxylation is 3. The number of nitrogens with two attached hydrogens (primary N) is 1. The highest BCUT2D eigenvalue weighted by atomic mass is 32.2. The van der Waals surface area contributed by atoms with Gasteiger partial charge in [0.15, 0.2) is 9.84 Å². The number of aromatic nitrogens is 2. The first-order chi connectivity index (χ1) is 9.79. The lowest BCUT2D eigenvalue weighted by Crippen LogP contribution is -2.16. The van der Waals surface area contributed by atoms with Crippen molar-refractivity contribution in [2.45, 2.75) is 25.3 Å². The van der Waals surface area contributed by atoms with E-state index in [0.29, 0.717) is 12.1 Å². The van der Waals surface area contributed by atoms with Crippen LogP contribution in [0.4, 0.5) is 0 Å². The zero-order valence-electron chi connectivity index (χ0n) is 11.9. The molecule has 0 saturated heterocycles. The first-order valence-corrected chi connectivity index (χ1v) is 8.49. The Morgan fingerprint density at radius 2 is 2.05 bits per heavy atom. The van der Waals surface area contributed by atoms with Gasteiger partial charge in [0, 0.05) is 11.3 Å². The maximum atomic E-state index is 12.4. The van der Waals surface area contributed by atoms with Gasteiger partial charge < -0.3 is 5.73 Å². The van der Waals surface area contributed by atoms with E-state index < -0.39 is 9.84 Å². The van der Waals surface area contributed by atoms with Crippen LogP contribution in [0.2, 0.25) is 0 Å². The quantitative estimate of drug-likeness (QED) is 0.846. The van der Waals surface area contributed by atoms with E-state index in [0.717, 1.165) is 11.4 Å². The number of rotatable bonds is 5. The van der Waals surface area contributed by atoms with Crippen LogP contribution in [0, 0.1) is 13.8 Å². The summed E-state index contributed by atoms with van der Waals surface area (Å²) in [6.45, 7) is 4.10. The van der Waals surface area contributed by atoms with E-state index in [1.807, 2.05) is 19.9 Å². The number of sulfone groups is 1. The van der Waals surface area contributed by atoms with Crippen molar-refractivity contribution in [1.29, 1.82) is 0 Å².